The maximum Gasteiger partial charge on any atom is 0.305 e. The third-order valence-electron chi connectivity index (χ3n) is 9.52. The van der Waals surface area contributed by atoms with Gasteiger partial charge < -0.3 is 9.64 Å². The van der Waals surface area contributed by atoms with Crippen LogP contribution < -0.4 is 0 Å². The molecule has 47 heavy (non-hydrogen) atoms. The normalized spacial score (nSPS) is 18.6. The van der Waals surface area contributed by atoms with Crippen LogP contribution in [0.25, 0.3) is 0 Å². The Bertz CT molecular complexity index is 1470. The molecule has 2 heterocycles. The van der Waals surface area contributed by atoms with Crippen molar-refractivity contribution in [2.75, 3.05) is 59.0 Å². The van der Waals surface area contributed by atoms with Gasteiger partial charge in [0.15, 0.2) is 0 Å². The highest BCUT2D eigenvalue weighted by Crippen LogP contribution is 2.33. The molecule has 1 amide bonds. The van der Waals surface area contributed by atoms with Crippen LogP contribution in [-0.2, 0) is 16.1 Å². The van der Waals surface area contributed by atoms with Crippen molar-refractivity contribution in [2.24, 2.45) is 0 Å². The number of hydrogen-bond donors (Lipinski definition) is 0. The molecule has 3 aromatic carbocycles. The van der Waals surface area contributed by atoms with Crippen LogP contribution in [0.5, 0.6) is 0 Å². The van der Waals surface area contributed by atoms with E-state index in [-0.39, 0.29) is 29.8 Å². The summed E-state index contributed by atoms with van der Waals surface area (Å²) in [5.74, 6) is -0.204. The number of esters is 1. The highest BCUT2D eigenvalue weighted by molar-refractivity contribution is 5.94. The van der Waals surface area contributed by atoms with E-state index in [2.05, 4.69) is 64.9 Å². The maximum atomic E-state index is 13.8. The molecule has 0 spiro atoms. The Balaban J connectivity index is 1.22. The molecule has 0 N–H and O–H groups in total. The molecule has 2 atom stereocenters. The second kappa shape index (κ2) is 17.0. The van der Waals surface area contributed by atoms with Gasteiger partial charge in [-0.05, 0) is 81.1 Å². The molecule has 252 valence electrons. The van der Waals surface area contributed by atoms with E-state index in [1.165, 1.54) is 17.2 Å². The van der Waals surface area contributed by atoms with Gasteiger partial charge in [-0.1, -0.05) is 60.5 Å². The van der Waals surface area contributed by atoms with Crippen LogP contribution in [0.1, 0.15) is 78.2 Å². The SMILES string of the molecule is CCOC(=O)CCCCCN1CCN(C(=O)c2cccc(C(c3cccc(C)c3)N3CCN(Cc4cccc(F)c4)CC3C)c2)CC1. The first-order valence-electron chi connectivity index (χ1n) is 17.4. The van der Waals surface area contributed by atoms with E-state index in [9.17, 15) is 14.0 Å². The van der Waals surface area contributed by atoms with Crippen LogP contribution in [0, 0.1) is 12.7 Å². The van der Waals surface area contributed by atoms with E-state index in [1.54, 1.807) is 12.1 Å². The molecule has 2 aliphatic rings. The number of rotatable bonds is 13. The van der Waals surface area contributed by atoms with Gasteiger partial charge in [-0.3, -0.25) is 24.3 Å². The van der Waals surface area contributed by atoms with Crippen LogP contribution in [0.15, 0.2) is 72.8 Å². The van der Waals surface area contributed by atoms with Gasteiger partial charge >= 0.3 is 5.97 Å². The van der Waals surface area contributed by atoms with Crippen molar-refractivity contribution in [2.45, 2.75) is 65.1 Å². The summed E-state index contributed by atoms with van der Waals surface area (Å²) in [7, 11) is 0. The van der Waals surface area contributed by atoms with Gasteiger partial charge in [-0.25, -0.2) is 4.39 Å². The third-order valence-corrected chi connectivity index (χ3v) is 9.52. The fraction of sp³-hybridized carbons (Fsp3) is 0.487. The van der Waals surface area contributed by atoms with E-state index >= 15 is 0 Å². The molecule has 5 rings (SSSR count). The Morgan fingerprint density at radius 3 is 2.30 bits per heavy atom. The van der Waals surface area contributed by atoms with Crippen molar-refractivity contribution in [3.63, 3.8) is 0 Å². The summed E-state index contributed by atoms with van der Waals surface area (Å²) >= 11 is 0. The molecule has 8 heteroatoms. The molecule has 2 fully saturated rings. The van der Waals surface area contributed by atoms with Gasteiger partial charge in [-0.15, -0.1) is 0 Å². The Kier molecular flexibility index (Phi) is 12.6. The summed E-state index contributed by atoms with van der Waals surface area (Å²) in [6.07, 6.45) is 3.41. The summed E-state index contributed by atoms with van der Waals surface area (Å²) in [6.45, 7) is 14.2. The van der Waals surface area contributed by atoms with Crippen molar-refractivity contribution in [1.82, 2.24) is 19.6 Å². The van der Waals surface area contributed by atoms with E-state index in [0.717, 1.165) is 94.9 Å². The van der Waals surface area contributed by atoms with E-state index < -0.39 is 0 Å². The Morgan fingerprint density at radius 2 is 1.57 bits per heavy atom. The maximum absolute atomic E-state index is 13.8. The number of benzene rings is 3. The minimum absolute atomic E-state index is 0.0228. The highest BCUT2D eigenvalue weighted by Gasteiger charge is 2.32. The molecular weight excluding hydrogens is 591 g/mol. The number of halogens is 1. The molecule has 2 saturated heterocycles. The van der Waals surface area contributed by atoms with Gasteiger partial charge in [0, 0.05) is 70.4 Å². The molecule has 0 bridgehead atoms. The Labute approximate surface area is 280 Å². The highest BCUT2D eigenvalue weighted by atomic mass is 19.1. The lowest BCUT2D eigenvalue weighted by molar-refractivity contribution is -0.143. The zero-order valence-electron chi connectivity index (χ0n) is 28.4. The largest absolute Gasteiger partial charge is 0.466 e. The number of aryl methyl sites for hydroxylation is 1. The molecule has 0 radical (unpaired) electrons. The number of ether oxygens (including phenoxy) is 1. The Morgan fingerprint density at radius 1 is 0.851 bits per heavy atom. The average molecular weight is 643 g/mol. The summed E-state index contributed by atoms with van der Waals surface area (Å²) < 4.78 is 18.9. The first-order chi connectivity index (χ1) is 22.8. The van der Waals surface area contributed by atoms with Crippen molar-refractivity contribution in [1.29, 1.82) is 0 Å². The molecule has 2 aliphatic heterocycles. The number of carbonyl (C=O) groups excluding carboxylic acids is 2. The van der Waals surface area contributed by atoms with Crippen molar-refractivity contribution in [3.8, 4) is 0 Å². The molecule has 2 unspecified atom stereocenters. The van der Waals surface area contributed by atoms with E-state index in [4.69, 9.17) is 4.74 Å². The minimum Gasteiger partial charge on any atom is -0.466 e. The molecular formula is C39H51FN4O3. The van der Waals surface area contributed by atoms with E-state index in [1.807, 2.05) is 30.0 Å². The first-order valence-corrected chi connectivity index (χ1v) is 17.4. The zero-order chi connectivity index (χ0) is 33.2. The van der Waals surface area contributed by atoms with Crippen molar-refractivity contribution >= 4 is 11.9 Å². The van der Waals surface area contributed by atoms with Crippen LogP contribution in [0.4, 0.5) is 4.39 Å². The van der Waals surface area contributed by atoms with Crippen LogP contribution in [0.2, 0.25) is 0 Å². The molecule has 0 aromatic heterocycles. The van der Waals surface area contributed by atoms with Gasteiger partial charge in [0.1, 0.15) is 5.82 Å². The summed E-state index contributed by atoms with van der Waals surface area (Å²) in [6, 6.07) is 24.2. The first kappa shape index (κ1) is 34.7. The molecule has 0 saturated carbocycles. The monoisotopic (exact) mass is 642 g/mol. The second-order valence-electron chi connectivity index (χ2n) is 13.1. The molecule has 0 aliphatic carbocycles. The predicted molar refractivity (Wildman–Crippen MR) is 185 cm³/mol. The number of unbranched alkanes of at least 4 members (excludes halogenated alkanes) is 2. The standard InChI is InChI=1S/C39H51FN4O3/c1-4-47-37(45)17-6-5-7-18-41-19-22-43(23-20-41)39(46)35-15-10-14-34(27-35)38(33-13-8-11-30(2)25-33)44-24-21-42(28-31(44)3)29-32-12-9-16-36(40)26-32/h8-16,25-27,31,38H,4-7,17-24,28-29H2,1-3H3. The number of nitrogens with zero attached hydrogens (tertiary/aromatic N) is 4. The minimum atomic E-state index is -0.190. The topological polar surface area (TPSA) is 56.3 Å². The number of amides is 1. The number of carbonyl (C=O) groups is 2. The predicted octanol–water partition coefficient (Wildman–Crippen LogP) is 6.31. The second-order valence-corrected chi connectivity index (χ2v) is 13.1. The summed E-state index contributed by atoms with van der Waals surface area (Å²) in [5.41, 5.74) is 5.32. The fourth-order valence-corrected chi connectivity index (χ4v) is 7.10. The number of hydrogen-bond acceptors (Lipinski definition) is 6. The van der Waals surface area contributed by atoms with Crippen LogP contribution in [-0.4, -0.2) is 96.5 Å². The molecule has 3 aromatic rings. The lowest BCUT2D eigenvalue weighted by Gasteiger charge is -2.44. The summed E-state index contributed by atoms with van der Waals surface area (Å²) in [5, 5.41) is 0. The quantitative estimate of drug-likeness (QED) is 0.161. The summed E-state index contributed by atoms with van der Waals surface area (Å²) in [4.78, 5) is 34.7. The van der Waals surface area contributed by atoms with Gasteiger partial charge in [0.25, 0.3) is 5.91 Å². The lowest BCUT2D eigenvalue weighted by atomic mass is 9.92. The van der Waals surface area contributed by atoms with Crippen molar-refractivity contribution in [3.05, 3.63) is 106 Å². The fourth-order valence-electron chi connectivity index (χ4n) is 7.10. The van der Waals surface area contributed by atoms with Gasteiger partial charge in [0.05, 0.1) is 12.6 Å². The zero-order valence-corrected chi connectivity index (χ0v) is 28.4. The average Bonchev–Trinajstić information content (AvgIpc) is 3.06. The molecule has 7 nitrogen and oxygen atoms in total. The smallest absolute Gasteiger partial charge is 0.305 e. The van der Waals surface area contributed by atoms with Crippen molar-refractivity contribution < 1.29 is 18.7 Å². The third kappa shape index (κ3) is 9.72. The van der Waals surface area contributed by atoms with Crippen LogP contribution >= 0.6 is 0 Å². The van der Waals surface area contributed by atoms with E-state index in [0.29, 0.717) is 13.0 Å². The van der Waals surface area contributed by atoms with Crippen LogP contribution in [0.3, 0.4) is 0 Å². The Hall–Kier alpha value is -3.59. The number of piperazine rings is 2. The lowest BCUT2D eigenvalue weighted by Crippen LogP contribution is -2.52. The van der Waals surface area contributed by atoms with Gasteiger partial charge in [-0.2, -0.15) is 0 Å². The van der Waals surface area contributed by atoms with Gasteiger partial charge in [0.2, 0.25) is 0 Å².